The van der Waals surface area contributed by atoms with Gasteiger partial charge in [0.05, 0.1) is 25.1 Å². The first-order chi connectivity index (χ1) is 17.2. The summed E-state index contributed by atoms with van der Waals surface area (Å²) in [4.78, 5) is 16.5. The molecule has 38 heavy (non-hydrogen) atoms. The van der Waals surface area contributed by atoms with Crippen molar-refractivity contribution in [3.8, 4) is 0 Å². The van der Waals surface area contributed by atoms with Crippen molar-refractivity contribution in [3.05, 3.63) is 19.2 Å². The number of nitrogens with one attached hydrogen (secondary N) is 1. The highest BCUT2D eigenvalue weighted by Gasteiger charge is 3.10. The van der Waals surface area contributed by atoms with Gasteiger partial charge in [0.15, 0.2) is 17.5 Å². The van der Waals surface area contributed by atoms with Crippen LogP contribution in [0.1, 0.15) is 64.4 Å². The summed E-state index contributed by atoms with van der Waals surface area (Å²) in [5.74, 6) is -4.51. The van der Waals surface area contributed by atoms with E-state index in [2.05, 4.69) is 52.8 Å². The zero-order chi connectivity index (χ0) is 28.4. The van der Waals surface area contributed by atoms with Crippen molar-refractivity contribution in [2.24, 2.45) is 22.7 Å². The van der Waals surface area contributed by atoms with Crippen LogP contribution >= 0.6 is 47.8 Å². The average molecular weight is 730 g/mol. The van der Waals surface area contributed by atoms with Crippen molar-refractivity contribution in [3.63, 3.8) is 0 Å². The van der Waals surface area contributed by atoms with Gasteiger partial charge in [-0.3, -0.25) is 0 Å². The van der Waals surface area contributed by atoms with Crippen LogP contribution in [0, 0.1) is 22.7 Å². The van der Waals surface area contributed by atoms with Crippen LogP contribution in [0.25, 0.3) is 0 Å². The lowest BCUT2D eigenvalue weighted by atomic mass is 9.52. The topological polar surface area (TPSA) is 173 Å². The zero-order valence-electron chi connectivity index (χ0n) is 21.5. The second kappa shape index (κ2) is 7.27. The van der Waals surface area contributed by atoms with Crippen molar-refractivity contribution in [1.82, 2.24) is 4.98 Å². The third-order valence-corrected chi connectivity index (χ3v) is 14.8. The van der Waals surface area contributed by atoms with Gasteiger partial charge in [-0.15, -0.1) is 0 Å². The molecule has 6 bridgehead atoms. The van der Waals surface area contributed by atoms with E-state index in [-0.39, 0.29) is 18.5 Å². The van der Waals surface area contributed by atoms with E-state index in [1.165, 1.54) is 13.8 Å². The fourth-order valence-corrected chi connectivity index (χ4v) is 11.1. The molecule has 2 aliphatic heterocycles. The van der Waals surface area contributed by atoms with E-state index in [1.807, 2.05) is 0 Å². The van der Waals surface area contributed by atoms with Gasteiger partial charge in [-0.2, -0.15) is 0 Å². The van der Waals surface area contributed by atoms with Gasteiger partial charge in [-0.05, 0) is 79.4 Å². The number of rotatable bonds is 3. The summed E-state index contributed by atoms with van der Waals surface area (Å²) >= 11 is 9.96. The maximum absolute atomic E-state index is 13.6. The lowest BCUT2D eigenvalue weighted by molar-refractivity contribution is -0.390. The molecule has 11 atom stereocenters. The minimum atomic E-state index is -2.63. The summed E-state index contributed by atoms with van der Waals surface area (Å²) in [7, 11) is 0. The van der Waals surface area contributed by atoms with Crippen molar-refractivity contribution < 1.29 is 44.9 Å². The minimum absolute atomic E-state index is 0.0300. The van der Waals surface area contributed by atoms with Gasteiger partial charge < -0.3 is 45.1 Å². The normalized spacial score (nSPS) is 56.1. The second-order valence-electron chi connectivity index (χ2n) is 12.8. The number of H-pyrrole nitrogens is 1. The largest absolute Gasteiger partial charge is 0.451 e. The highest BCUT2D eigenvalue weighted by molar-refractivity contribution is 9.14. The number of carbonyl (C=O) groups is 1. The van der Waals surface area contributed by atoms with Gasteiger partial charge in [0.2, 0.25) is 0 Å². The van der Waals surface area contributed by atoms with Gasteiger partial charge in [0.25, 0.3) is 0 Å². The molecule has 6 aliphatic rings. The third kappa shape index (κ3) is 2.17. The number of aromatic amines is 1. The smallest absolute Gasteiger partial charge is 0.356 e. The van der Waals surface area contributed by atoms with Crippen LogP contribution in [0.15, 0.2) is 13.5 Å². The van der Waals surface area contributed by atoms with Gasteiger partial charge in [-0.1, -0.05) is 27.7 Å². The van der Waals surface area contributed by atoms with E-state index in [1.54, 1.807) is 20.8 Å². The van der Waals surface area contributed by atoms with E-state index in [4.69, 9.17) is 9.47 Å². The Labute approximate surface area is 244 Å². The van der Waals surface area contributed by atoms with E-state index in [0.29, 0.717) is 20.0 Å². The number of esters is 1. The monoisotopic (exact) mass is 727 g/mol. The summed E-state index contributed by atoms with van der Waals surface area (Å²) < 4.78 is 13.5. The Hall–Kier alpha value is -0.0900. The van der Waals surface area contributed by atoms with E-state index < -0.39 is 74.6 Å². The number of hydrogen-bond donors (Lipinski definition) is 7. The zero-order valence-corrected chi connectivity index (χ0v) is 26.2. The molecule has 7 rings (SSSR count). The molecule has 4 saturated carbocycles. The van der Waals surface area contributed by atoms with Crippen LogP contribution in [-0.2, 0) is 9.47 Å². The molecule has 11 unspecified atom stereocenters. The predicted molar refractivity (Wildman–Crippen MR) is 142 cm³/mol. The SMILES string of the molecule is CC1CCC2(O)C3(C)CC4(O)OC2(C1O)C1(O)C3(O)C(OC(=O)c2[nH]c(Br)c(Br)c2Br)C(O)(C(C)C)C41C. The first-order valence-corrected chi connectivity index (χ1v) is 15.1. The Morgan fingerprint density at radius 1 is 1.11 bits per heavy atom. The maximum atomic E-state index is 13.6. The van der Waals surface area contributed by atoms with Crippen LogP contribution < -0.4 is 0 Å². The van der Waals surface area contributed by atoms with Gasteiger partial charge >= 0.3 is 5.97 Å². The minimum Gasteiger partial charge on any atom is -0.451 e. The van der Waals surface area contributed by atoms with Gasteiger partial charge in [0.1, 0.15) is 28.1 Å². The summed E-state index contributed by atoms with van der Waals surface area (Å²) in [6.45, 7) is 7.86. The molecular weight excluding hydrogens is 698 g/mol. The number of halogens is 3. The van der Waals surface area contributed by atoms with Crippen LogP contribution in [0.4, 0.5) is 0 Å². The Balaban J connectivity index is 1.66. The summed E-state index contributed by atoms with van der Waals surface area (Å²) in [6, 6.07) is 0. The quantitative estimate of drug-likeness (QED) is 0.230. The van der Waals surface area contributed by atoms with Crippen LogP contribution in [0.2, 0.25) is 0 Å². The van der Waals surface area contributed by atoms with Crippen molar-refractivity contribution >= 4 is 53.8 Å². The molecule has 1 aromatic heterocycles. The lowest BCUT2D eigenvalue weighted by Crippen LogP contribution is -2.75. The molecule has 0 radical (unpaired) electrons. The van der Waals surface area contributed by atoms with Crippen molar-refractivity contribution in [2.45, 2.75) is 99.9 Å². The van der Waals surface area contributed by atoms with Crippen molar-refractivity contribution in [2.75, 3.05) is 0 Å². The molecule has 10 nitrogen and oxygen atoms in total. The van der Waals surface area contributed by atoms with Gasteiger partial charge in [0, 0.05) is 11.8 Å². The van der Waals surface area contributed by atoms with Crippen LogP contribution in [0.3, 0.4) is 0 Å². The molecule has 13 heteroatoms. The second-order valence-corrected chi connectivity index (χ2v) is 15.1. The number of aromatic nitrogens is 1. The number of carbonyl (C=O) groups excluding carboxylic acids is 1. The number of ether oxygens (including phenoxy) is 2. The molecule has 7 N–H and O–H groups in total. The maximum Gasteiger partial charge on any atom is 0.356 e. The van der Waals surface area contributed by atoms with Gasteiger partial charge in [-0.25, -0.2) is 4.79 Å². The van der Waals surface area contributed by atoms with E-state index in [0.717, 1.165) is 0 Å². The Kier molecular flexibility index (Phi) is 5.37. The first kappa shape index (κ1) is 28.0. The van der Waals surface area contributed by atoms with E-state index in [9.17, 15) is 35.4 Å². The molecule has 3 heterocycles. The standard InChI is InChI=1S/C25H32Br3NO9/c1-9(2)22(34)17(37-16(31)13-11(26)12(27)15(28)29-13)23(35)18(4)8-21(33)19(22,5)25(23,36)24(38-21)14(30)10(3)6-7-20(18,24)32/h9-10,14,17,29-30,32-36H,6-8H2,1-5H3. The first-order valence-electron chi connectivity index (χ1n) is 12.7. The summed E-state index contributed by atoms with van der Waals surface area (Å²) in [6.07, 6.45) is -3.32. The Morgan fingerprint density at radius 2 is 1.71 bits per heavy atom. The Morgan fingerprint density at radius 3 is 2.24 bits per heavy atom. The summed E-state index contributed by atoms with van der Waals surface area (Å²) in [5.41, 5.74) is -15.6. The molecule has 1 spiro atoms. The molecular formula is C25H32Br3NO9. The summed E-state index contributed by atoms with van der Waals surface area (Å²) in [5, 5.41) is 74.6. The predicted octanol–water partition coefficient (Wildman–Crippen LogP) is 2.10. The van der Waals surface area contributed by atoms with Crippen LogP contribution in [0.5, 0.6) is 0 Å². The van der Waals surface area contributed by atoms with Crippen LogP contribution in [-0.4, -0.2) is 87.6 Å². The average Bonchev–Trinajstić information content (AvgIpc) is 3.23. The fourth-order valence-electron chi connectivity index (χ4n) is 9.67. The molecule has 6 fully saturated rings. The van der Waals surface area contributed by atoms with Crippen molar-refractivity contribution in [1.29, 1.82) is 0 Å². The molecule has 0 aromatic carbocycles. The fraction of sp³-hybridized carbons (Fsp3) is 0.800. The molecule has 2 saturated heterocycles. The molecule has 0 amide bonds. The number of aliphatic hydroxyl groups excluding tert-OH is 1. The number of hydrogen-bond acceptors (Lipinski definition) is 9. The highest BCUT2D eigenvalue weighted by atomic mass is 79.9. The molecule has 1 aromatic rings. The Bertz CT molecular complexity index is 1290. The third-order valence-electron chi connectivity index (χ3n) is 11.5. The molecule has 4 aliphatic carbocycles. The number of aliphatic hydroxyl groups is 6. The molecule has 212 valence electrons. The highest BCUT2D eigenvalue weighted by Crippen LogP contribution is 2.90. The van der Waals surface area contributed by atoms with E-state index >= 15 is 0 Å². The lowest BCUT2D eigenvalue weighted by Gasteiger charge is -2.60.